The van der Waals surface area contributed by atoms with Crippen LogP contribution >= 0.6 is 11.8 Å². The van der Waals surface area contributed by atoms with E-state index in [4.69, 9.17) is 0 Å². The van der Waals surface area contributed by atoms with Gasteiger partial charge >= 0.3 is 5.69 Å². The van der Waals surface area contributed by atoms with Crippen LogP contribution in [-0.4, -0.2) is 39.8 Å². The largest absolute Gasteiger partial charge is 0.337 e. The molecular formula is C12H12F2N2O3S. The maximum atomic E-state index is 14.0. The summed E-state index contributed by atoms with van der Waals surface area (Å²) in [6.07, 6.45) is 0. The Labute approximate surface area is 118 Å². The molecule has 1 aromatic carbocycles. The Morgan fingerprint density at radius 2 is 2.20 bits per heavy atom. The Kier molecular flexibility index (Phi) is 4.22. The summed E-state index contributed by atoms with van der Waals surface area (Å²) < 4.78 is 27.6. The second kappa shape index (κ2) is 5.74. The zero-order valence-corrected chi connectivity index (χ0v) is 11.5. The molecule has 1 unspecified atom stereocenters. The van der Waals surface area contributed by atoms with E-state index < -0.39 is 33.7 Å². The number of nitrogens with zero attached hydrogens (tertiary/aromatic N) is 2. The van der Waals surface area contributed by atoms with Crippen molar-refractivity contribution in [1.29, 1.82) is 0 Å². The summed E-state index contributed by atoms with van der Waals surface area (Å²) in [4.78, 5) is 23.2. The van der Waals surface area contributed by atoms with Gasteiger partial charge in [-0.15, -0.1) is 0 Å². The third-order valence-electron chi connectivity index (χ3n) is 3.01. The van der Waals surface area contributed by atoms with Crippen molar-refractivity contribution in [2.24, 2.45) is 0 Å². The lowest BCUT2D eigenvalue weighted by molar-refractivity contribution is -0.387. The molecule has 0 bridgehead atoms. The van der Waals surface area contributed by atoms with Gasteiger partial charge in [-0.05, 0) is 6.07 Å². The molecule has 5 nitrogen and oxygen atoms in total. The van der Waals surface area contributed by atoms with E-state index in [0.29, 0.717) is 18.8 Å². The zero-order chi connectivity index (χ0) is 14.9. The first-order chi connectivity index (χ1) is 9.41. The van der Waals surface area contributed by atoms with Gasteiger partial charge in [-0.2, -0.15) is 16.2 Å². The van der Waals surface area contributed by atoms with Gasteiger partial charge in [0.25, 0.3) is 5.91 Å². The second-order valence-electron chi connectivity index (χ2n) is 4.45. The third kappa shape index (κ3) is 2.74. The van der Waals surface area contributed by atoms with Gasteiger partial charge in [0, 0.05) is 30.2 Å². The minimum Gasteiger partial charge on any atom is -0.337 e. The molecule has 1 aliphatic heterocycles. The number of benzene rings is 1. The van der Waals surface area contributed by atoms with Crippen molar-refractivity contribution in [3.05, 3.63) is 39.4 Å². The summed E-state index contributed by atoms with van der Waals surface area (Å²) in [5.74, 6) is -2.66. The SMILES string of the molecule is CC1CN(C(=O)c2c(F)ccc([N+](=O)[O-])c2F)CCS1. The lowest BCUT2D eigenvalue weighted by Crippen LogP contribution is -2.41. The lowest BCUT2D eigenvalue weighted by atomic mass is 10.1. The number of amides is 1. The average Bonchev–Trinajstić information content (AvgIpc) is 2.38. The first-order valence-corrected chi connectivity index (χ1v) is 7.00. The Morgan fingerprint density at radius 3 is 2.80 bits per heavy atom. The molecule has 2 rings (SSSR count). The topological polar surface area (TPSA) is 63.5 Å². The fourth-order valence-electron chi connectivity index (χ4n) is 2.04. The van der Waals surface area contributed by atoms with Crippen LogP contribution in [0.1, 0.15) is 17.3 Å². The average molecular weight is 302 g/mol. The number of carbonyl (C=O) groups excluding carboxylic acids is 1. The number of hydrogen-bond donors (Lipinski definition) is 0. The van der Waals surface area contributed by atoms with E-state index in [0.717, 1.165) is 12.1 Å². The normalized spacial score (nSPS) is 18.9. The minimum atomic E-state index is -1.41. The molecule has 0 saturated carbocycles. The molecule has 1 saturated heterocycles. The number of nitro groups is 1. The maximum absolute atomic E-state index is 14.0. The molecule has 1 aliphatic rings. The first kappa shape index (κ1) is 14.7. The fourth-order valence-corrected chi connectivity index (χ4v) is 3.05. The summed E-state index contributed by atoms with van der Waals surface area (Å²) in [6.45, 7) is 2.64. The second-order valence-corrected chi connectivity index (χ2v) is 5.99. The zero-order valence-electron chi connectivity index (χ0n) is 10.6. The molecule has 0 aromatic heterocycles. The van der Waals surface area contributed by atoms with Crippen molar-refractivity contribution in [2.75, 3.05) is 18.8 Å². The number of thioether (sulfide) groups is 1. The van der Waals surface area contributed by atoms with Crippen LogP contribution in [0.3, 0.4) is 0 Å². The van der Waals surface area contributed by atoms with Crippen molar-refractivity contribution < 1.29 is 18.5 Å². The quantitative estimate of drug-likeness (QED) is 0.622. The Morgan fingerprint density at radius 1 is 1.50 bits per heavy atom. The summed E-state index contributed by atoms with van der Waals surface area (Å²) in [5, 5.41) is 10.8. The predicted octanol–water partition coefficient (Wildman–Crippen LogP) is 2.45. The van der Waals surface area contributed by atoms with Gasteiger partial charge in [0.2, 0.25) is 5.82 Å². The van der Waals surface area contributed by atoms with Gasteiger partial charge < -0.3 is 4.90 Å². The van der Waals surface area contributed by atoms with Crippen LogP contribution in [0.15, 0.2) is 12.1 Å². The highest BCUT2D eigenvalue weighted by molar-refractivity contribution is 7.99. The molecule has 20 heavy (non-hydrogen) atoms. The monoisotopic (exact) mass is 302 g/mol. The molecule has 1 heterocycles. The number of carbonyl (C=O) groups is 1. The Hall–Kier alpha value is -1.70. The molecule has 0 N–H and O–H groups in total. The summed E-state index contributed by atoms with van der Waals surface area (Å²) in [7, 11) is 0. The molecule has 0 radical (unpaired) electrons. The van der Waals surface area contributed by atoms with Gasteiger partial charge in [0.1, 0.15) is 11.4 Å². The minimum absolute atomic E-state index is 0.164. The van der Waals surface area contributed by atoms with Gasteiger partial charge in [0.05, 0.1) is 4.92 Å². The van der Waals surface area contributed by atoms with Crippen LogP contribution in [0.25, 0.3) is 0 Å². The fraction of sp³-hybridized carbons (Fsp3) is 0.417. The molecular weight excluding hydrogens is 290 g/mol. The number of hydrogen-bond acceptors (Lipinski definition) is 4. The number of rotatable bonds is 2. The highest BCUT2D eigenvalue weighted by atomic mass is 32.2. The van der Waals surface area contributed by atoms with Crippen molar-refractivity contribution >= 4 is 23.4 Å². The van der Waals surface area contributed by atoms with Crippen LogP contribution in [0.4, 0.5) is 14.5 Å². The highest BCUT2D eigenvalue weighted by Crippen LogP contribution is 2.26. The highest BCUT2D eigenvalue weighted by Gasteiger charge is 2.31. The van der Waals surface area contributed by atoms with E-state index >= 15 is 0 Å². The molecule has 1 atom stereocenters. The van der Waals surface area contributed by atoms with E-state index in [2.05, 4.69) is 0 Å². The van der Waals surface area contributed by atoms with Crippen LogP contribution in [0.2, 0.25) is 0 Å². The van der Waals surface area contributed by atoms with E-state index in [1.807, 2.05) is 6.92 Å². The maximum Gasteiger partial charge on any atom is 0.305 e. The summed E-state index contributed by atoms with van der Waals surface area (Å²) in [5.41, 5.74) is -1.74. The van der Waals surface area contributed by atoms with Crippen molar-refractivity contribution in [1.82, 2.24) is 4.90 Å². The predicted molar refractivity (Wildman–Crippen MR) is 70.8 cm³/mol. The van der Waals surface area contributed by atoms with E-state index in [-0.39, 0.29) is 5.25 Å². The van der Waals surface area contributed by atoms with Crippen LogP contribution < -0.4 is 0 Å². The van der Waals surface area contributed by atoms with Gasteiger partial charge in [-0.3, -0.25) is 14.9 Å². The number of halogens is 2. The van der Waals surface area contributed by atoms with E-state index in [1.54, 1.807) is 11.8 Å². The lowest BCUT2D eigenvalue weighted by Gasteiger charge is -2.30. The Balaban J connectivity index is 2.38. The molecule has 0 spiro atoms. The van der Waals surface area contributed by atoms with Crippen molar-refractivity contribution in [3.8, 4) is 0 Å². The van der Waals surface area contributed by atoms with E-state index in [1.165, 1.54) is 4.90 Å². The molecule has 8 heteroatoms. The van der Waals surface area contributed by atoms with Gasteiger partial charge in [-0.1, -0.05) is 6.92 Å². The van der Waals surface area contributed by atoms with Crippen LogP contribution in [-0.2, 0) is 0 Å². The smallest absolute Gasteiger partial charge is 0.305 e. The number of nitro benzene ring substituents is 1. The Bertz CT molecular complexity index is 568. The van der Waals surface area contributed by atoms with Gasteiger partial charge in [0.15, 0.2) is 0 Å². The molecule has 1 fully saturated rings. The van der Waals surface area contributed by atoms with Crippen molar-refractivity contribution in [2.45, 2.75) is 12.2 Å². The molecule has 1 amide bonds. The van der Waals surface area contributed by atoms with E-state index in [9.17, 15) is 23.7 Å². The van der Waals surface area contributed by atoms with Crippen molar-refractivity contribution in [3.63, 3.8) is 0 Å². The molecule has 0 aliphatic carbocycles. The molecule has 1 aromatic rings. The van der Waals surface area contributed by atoms with Gasteiger partial charge in [-0.25, -0.2) is 4.39 Å². The first-order valence-electron chi connectivity index (χ1n) is 5.95. The third-order valence-corrected chi connectivity index (χ3v) is 4.15. The summed E-state index contributed by atoms with van der Waals surface area (Å²) >= 11 is 1.66. The van der Waals surface area contributed by atoms with Crippen LogP contribution in [0, 0.1) is 21.7 Å². The summed E-state index contributed by atoms with van der Waals surface area (Å²) in [6, 6.07) is 1.46. The standard InChI is InChI=1S/C12H12F2N2O3S/c1-7-6-15(4-5-20-7)12(17)10-8(13)2-3-9(11(10)14)16(18)19/h2-3,7H,4-6H2,1H3. The van der Waals surface area contributed by atoms with Crippen LogP contribution in [0.5, 0.6) is 0 Å². The molecule has 108 valence electrons.